The first-order valence-electron chi connectivity index (χ1n) is 43.3. The molecule has 0 saturated carbocycles. The van der Waals surface area contributed by atoms with Crippen molar-refractivity contribution in [1.82, 2.24) is 84.7 Å². The van der Waals surface area contributed by atoms with E-state index in [-0.39, 0.29) is 66.5 Å². The maximum Gasteiger partial charge on any atom is 0.305 e. The zero-order valence-corrected chi connectivity index (χ0v) is 75.0. The van der Waals surface area contributed by atoms with Crippen LogP contribution in [0, 0.1) is 11.8 Å². The number of nitrogens with one attached hydrogen (secondary N) is 15. The molecule has 1 heterocycles. The van der Waals surface area contributed by atoms with Gasteiger partial charge in [-0.3, -0.25) is 101 Å². The molecule has 0 saturated heterocycles. The van der Waals surface area contributed by atoms with E-state index in [1.54, 1.807) is 58.0 Å². The van der Waals surface area contributed by atoms with Crippen molar-refractivity contribution >= 4 is 118 Å². The summed E-state index contributed by atoms with van der Waals surface area (Å²) in [4.78, 5) is 272. The van der Waals surface area contributed by atoms with Gasteiger partial charge in [0.25, 0.3) is 11.8 Å². The van der Waals surface area contributed by atoms with Gasteiger partial charge in [-0.2, -0.15) is 0 Å². The molecule has 17 amide bonds. The maximum absolute atomic E-state index is 14.7. The Morgan fingerprint density at radius 3 is 1.22 bits per heavy atom. The van der Waals surface area contributed by atoms with Gasteiger partial charge in [0, 0.05) is 57.7 Å². The summed E-state index contributed by atoms with van der Waals surface area (Å²) in [6.07, 6.45) is -7.57. The fourth-order valence-electron chi connectivity index (χ4n) is 13.6. The van der Waals surface area contributed by atoms with Crippen LogP contribution >= 0.6 is 0 Å². The predicted molar refractivity (Wildman–Crippen MR) is 472 cm³/mol. The van der Waals surface area contributed by atoms with Crippen molar-refractivity contribution in [3.05, 3.63) is 131 Å². The van der Waals surface area contributed by atoms with E-state index < -0.39 is 286 Å². The Morgan fingerprint density at radius 1 is 0.373 bits per heavy atom. The van der Waals surface area contributed by atoms with Crippen molar-refractivity contribution in [3.8, 4) is 11.5 Å². The first kappa shape index (κ1) is 110. The number of phenolic OH excluding ortho intramolecular Hbond substituents is 2. The van der Waals surface area contributed by atoms with Crippen molar-refractivity contribution < 1.29 is 142 Å². The molecule has 0 unspecified atom stereocenters. The smallest absolute Gasteiger partial charge is 0.305 e. The number of aromatic hydroxyl groups is 2. The molecule has 46 nitrogen and oxygen atoms in total. The molecular weight excluding hydrogens is 1760 g/mol. The SMILES string of the molecule is CC[C@H](C)[C@H](NC(=O)[C@H](CO)NC(=O)[C@H](Cc1ccc(O)cc1)NC(=O)[C@H](CC(=O)O)NC(=O)[C@H](CO)NC(=O)[C@@H](NC(=O)[C@H](Cc1ccccc1)NC(=O)[C@@H](NC(=O)CNC(=O)[C@H](CCC(=O)O)NC(=O)CCC(=O)NCCN1C(=O)c2ccccc2C1=O)[C@@H](C)O)[C@@H](C)O)C(=O)N[C@@H](Cc1ccc(O)cc1)C(=O)N[C@@H](CC(C)C)C(=O)N[C@@H](CC(=O)O)C(=O)N[C@H](C)CCCCN. The van der Waals surface area contributed by atoms with E-state index in [1.807, 2.05) is 0 Å². The van der Waals surface area contributed by atoms with Crippen molar-refractivity contribution in [2.45, 2.75) is 229 Å². The highest BCUT2D eigenvalue weighted by Crippen LogP contribution is 2.23. The monoisotopic (exact) mass is 1880 g/mol. The summed E-state index contributed by atoms with van der Waals surface area (Å²) in [5.74, 6) is -24.5. The van der Waals surface area contributed by atoms with Crippen LogP contribution in [0.4, 0.5) is 0 Å². The highest BCUT2D eigenvalue weighted by molar-refractivity contribution is 6.21. The lowest BCUT2D eigenvalue weighted by molar-refractivity contribution is -0.142. The standard InChI is InChI=1S/C88H121N17O29/c1-8-46(4)72(84(130)98-60(39-52-23-27-54(111)28-24-52)78(124)94-58(36-45(2)3)77(123)96-62(40-70(117)118)76(122)92-47(5)16-14-15-33-89)103-83(129)65(44-107)100-79(125)59(38-51-21-25-53(110)26-22-51)95-80(126)63(41-71(119)120)97-82(128)64(43-106)101-86(132)74(49(7)109)104-81(127)61(37-50-17-10-9-11-18-50)99-85(131)73(48(6)108)102-68(114)42-91-75(121)57(29-32-69(115)116)93-67(113)31-30-66(112)90-34-35-105-87(133)55-19-12-13-20-56(55)88(105)134/h9-13,17-28,45-49,57-65,72-74,106-111H,8,14-16,29-44,89H2,1-7H3,(H,90,112)(H,91,121)(H,92,122)(H,93,113)(H,94,124)(H,95,126)(H,96,123)(H,97,128)(H,98,130)(H,99,131)(H,100,125)(H,101,132)(H,102,114)(H,103,129)(H,104,127)(H,115,116)(H,117,118)(H,119,120)/t46-,47+,48+,49+,57-,58-,59-,60-,61-,62-,63-,64-,65-,72-,73-,74-/m0/s1. The van der Waals surface area contributed by atoms with Crippen LogP contribution in [0.15, 0.2) is 103 Å². The van der Waals surface area contributed by atoms with E-state index >= 15 is 0 Å². The molecule has 4 aromatic carbocycles. The number of nitrogens with zero attached hydrogens (tertiary/aromatic N) is 1. The Labute approximate surface area is 770 Å². The van der Waals surface area contributed by atoms with Gasteiger partial charge in [0.2, 0.25) is 88.6 Å². The third kappa shape index (κ3) is 36.9. The number of rotatable bonds is 58. The quantitative estimate of drug-likeness (QED) is 0.0145. The van der Waals surface area contributed by atoms with Crippen LogP contribution < -0.4 is 85.5 Å². The van der Waals surface area contributed by atoms with Crippen LogP contribution in [-0.2, 0) is 106 Å². The number of aliphatic hydroxyl groups excluding tert-OH is 4. The van der Waals surface area contributed by atoms with E-state index in [1.165, 1.54) is 79.7 Å². The fourth-order valence-corrected chi connectivity index (χ4v) is 13.6. The van der Waals surface area contributed by atoms with Crippen LogP contribution in [-0.4, -0.2) is 299 Å². The Morgan fingerprint density at radius 2 is 0.761 bits per heavy atom. The molecule has 0 fully saturated rings. The van der Waals surface area contributed by atoms with E-state index in [4.69, 9.17) is 5.73 Å². The second-order valence-electron chi connectivity index (χ2n) is 32.6. The molecule has 0 aliphatic carbocycles. The third-order valence-corrected chi connectivity index (χ3v) is 21.2. The van der Waals surface area contributed by atoms with E-state index in [0.29, 0.717) is 36.9 Å². The zero-order chi connectivity index (χ0) is 99.8. The van der Waals surface area contributed by atoms with Crippen LogP contribution in [0.1, 0.15) is 157 Å². The number of fused-ring (bicyclic) bond motifs is 1. The predicted octanol–water partition coefficient (Wildman–Crippen LogP) is -5.46. The number of carbonyl (C=O) groups excluding carboxylic acids is 17. The average Bonchev–Trinajstić information content (AvgIpc) is 1.64. The first-order chi connectivity index (χ1) is 63.4. The number of carboxylic acids is 3. The topological polar surface area (TPSA) is 733 Å². The Balaban J connectivity index is 1.29. The molecule has 4 aromatic rings. The van der Waals surface area contributed by atoms with Gasteiger partial charge in [-0.15, -0.1) is 0 Å². The number of hydrogen-bond acceptors (Lipinski definition) is 27. The van der Waals surface area contributed by atoms with Crippen molar-refractivity contribution in [2.75, 3.05) is 39.4 Å². The summed E-state index contributed by atoms with van der Waals surface area (Å²) in [7, 11) is 0. The molecule has 0 aromatic heterocycles. The molecular formula is C88H121N17O29. The van der Waals surface area contributed by atoms with Crippen LogP contribution in [0.5, 0.6) is 11.5 Å². The summed E-state index contributed by atoms with van der Waals surface area (Å²) >= 11 is 0. The van der Waals surface area contributed by atoms with Gasteiger partial charge in [-0.25, -0.2) is 0 Å². The summed E-state index contributed by atoms with van der Waals surface area (Å²) < 4.78 is 0. The lowest BCUT2D eigenvalue weighted by Crippen LogP contribution is -2.63. The highest BCUT2D eigenvalue weighted by atomic mass is 16.4. The van der Waals surface area contributed by atoms with Gasteiger partial charge in [0.15, 0.2) is 0 Å². The molecule has 5 rings (SSSR count). The molecule has 26 N–H and O–H groups in total. The summed E-state index contributed by atoms with van der Waals surface area (Å²) in [5.41, 5.74) is 6.85. The van der Waals surface area contributed by atoms with Gasteiger partial charge >= 0.3 is 17.9 Å². The molecule has 0 spiro atoms. The Bertz CT molecular complexity index is 4740. The second kappa shape index (κ2) is 55.3. The second-order valence-corrected chi connectivity index (χ2v) is 32.6. The molecule has 46 heteroatoms. The van der Waals surface area contributed by atoms with Gasteiger partial charge in [0.05, 0.1) is 55.9 Å². The Kier molecular flexibility index (Phi) is 45.5. The zero-order valence-electron chi connectivity index (χ0n) is 75.0. The number of imide groups is 1. The molecule has 732 valence electrons. The van der Waals surface area contributed by atoms with E-state index in [0.717, 1.165) is 18.7 Å². The van der Waals surface area contributed by atoms with Crippen LogP contribution in [0.2, 0.25) is 0 Å². The number of carbonyl (C=O) groups is 20. The number of carboxylic acid groups (broad SMARTS) is 3. The van der Waals surface area contributed by atoms with E-state index in [9.17, 15) is 142 Å². The largest absolute Gasteiger partial charge is 0.508 e. The lowest BCUT2D eigenvalue weighted by atomic mass is 9.96. The normalized spacial score (nSPS) is 15.2. The lowest BCUT2D eigenvalue weighted by Gasteiger charge is -2.30. The van der Waals surface area contributed by atoms with Crippen molar-refractivity contribution in [2.24, 2.45) is 17.6 Å². The fraction of sp³-hybridized carbons (Fsp3) is 0.500. The number of hydrogen-bond donors (Lipinski definition) is 25. The van der Waals surface area contributed by atoms with E-state index in [2.05, 4.69) is 79.8 Å². The molecule has 16 atom stereocenters. The highest BCUT2D eigenvalue weighted by Gasteiger charge is 2.41. The minimum Gasteiger partial charge on any atom is -0.508 e. The van der Waals surface area contributed by atoms with Crippen LogP contribution in [0.3, 0.4) is 0 Å². The van der Waals surface area contributed by atoms with Gasteiger partial charge in [0.1, 0.15) is 84.0 Å². The van der Waals surface area contributed by atoms with Crippen LogP contribution in [0.25, 0.3) is 0 Å². The van der Waals surface area contributed by atoms with Crippen molar-refractivity contribution in [1.29, 1.82) is 0 Å². The molecule has 0 bridgehead atoms. The number of amides is 17. The number of aliphatic hydroxyl groups is 4. The summed E-state index contributed by atoms with van der Waals surface area (Å²) in [6.45, 7) is 6.73. The minimum atomic E-state index is -2.23. The molecule has 0 radical (unpaired) electrons. The summed E-state index contributed by atoms with van der Waals surface area (Å²) in [5, 5.41) is 128. The molecule has 1 aliphatic rings. The average molecular weight is 1880 g/mol. The number of unbranched alkanes of at least 4 members (excludes halogenated alkanes) is 1. The molecule has 1 aliphatic heterocycles. The molecule has 134 heavy (non-hydrogen) atoms. The number of phenols is 2. The Hall–Kier alpha value is -14.1. The number of nitrogens with two attached hydrogens (primary N) is 1. The van der Waals surface area contributed by atoms with Crippen molar-refractivity contribution in [3.63, 3.8) is 0 Å². The first-order valence-corrected chi connectivity index (χ1v) is 43.3. The number of aliphatic carboxylic acids is 3. The third-order valence-electron chi connectivity index (χ3n) is 21.2. The number of benzene rings is 4. The van der Waals surface area contributed by atoms with Gasteiger partial charge < -0.3 is 131 Å². The minimum absolute atomic E-state index is 0.0822. The van der Waals surface area contributed by atoms with Gasteiger partial charge in [-0.1, -0.05) is 107 Å². The summed E-state index contributed by atoms with van der Waals surface area (Å²) in [6, 6.07) is 1.59. The van der Waals surface area contributed by atoms with Gasteiger partial charge in [-0.05, 0) is 118 Å². The maximum atomic E-state index is 14.7.